The minimum Gasteiger partial charge on any atom is -0.366 e. The highest BCUT2D eigenvalue weighted by atomic mass is 31.2. The van der Waals surface area contributed by atoms with Crippen LogP contribution >= 0.6 is 15.2 Å². The van der Waals surface area contributed by atoms with Gasteiger partial charge < -0.3 is 28.5 Å². The first-order valence-corrected chi connectivity index (χ1v) is 11.6. The first kappa shape index (κ1) is 19.7. The van der Waals surface area contributed by atoms with Crippen molar-refractivity contribution in [2.45, 2.75) is 24.8 Å². The highest BCUT2D eigenvalue weighted by Gasteiger charge is 2.62. The largest absolute Gasteiger partial charge is 0.374 e. The molecule has 0 aromatic carbocycles. The van der Waals surface area contributed by atoms with E-state index in [4.69, 9.17) is 11.8 Å². The lowest BCUT2D eigenvalue weighted by atomic mass is 10.3. The molecule has 30 heavy (non-hydrogen) atoms. The van der Waals surface area contributed by atoms with Gasteiger partial charge in [0.1, 0.15) is 0 Å². The van der Waals surface area contributed by atoms with Crippen LogP contribution in [0, 0.1) is 0 Å². The molecule has 0 aliphatic carbocycles. The predicted molar refractivity (Wildman–Crippen MR) is 105 cm³/mol. The van der Waals surface area contributed by atoms with Crippen LogP contribution in [0.1, 0.15) is 13.9 Å². The van der Waals surface area contributed by atoms with Gasteiger partial charge in [-0.25, -0.2) is 4.98 Å². The van der Waals surface area contributed by atoms with Crippen LogP contribution in [0.3, 0.4) is 0 Å². The third-order valence-electron chi connectivity index (χ3n) is 3.88. The van der Waals surface area contributed by atoms with E-state index >= 15 is 0 Å². The standard InChI is InChI=1S/C17H20N4O7P2/c22-17(13-21-10-9-20-14-21,29(23,24)27-11-15-1-5-18-6-2-15)30(25,26)28-12-16-3-7-19-8-4-16/h1-10,14,22H,11-13H2,(H,23,24)(H,25,26)/i13D2. The summed E-state index contributed by atoms with van der Waals surface area (Å²) in [6.45, 7) is -4.51. The number of imidazole rings is 1. The van der Waals surface area contributed by atoms with Gasteiger partial charge in [0.2, 0.25) is 0 Å². The topological polar surface area (TPSA) is 157 Å². The molecule has 3 aromatic heterocycles. The minimum atomic E-state index is -5.62. The fraction of sp³-hybridized carbons (Fsp3) is 0.235. The quantitative estimate of drug-likeness (QED) is 0.386. The molecule has 0 aliphatic heterocycles. The van der Waals surface area contributed by atoms with E-state index in [0.717, 1.165) is 18.7 Å². The van der Waals surface area contributed by atoms with Crippen molar-refractivity contribution in [1.82, 2.24) is 19.5 Å². The summed E-state index contributed by atoms with van der Waals surface area (Å²) in [6.07, 6.45) is 8.53. The van der Waals surface area contributed by atoms with Gasteiger partial charge in [0.25, 0.3) is 5.08 Å². The van der Waals surface area contributed by atoms with Crippen LogP contribution in [0.15, 0.2) is 67.8 Å². The molecule has 3 heterocycles. The van der Waals surface area contributed by atoms with Crippen LogP contribution < -0.4 is 0 Å². The average molecular weight is 456 g/mol. The van der Waals surface area contributed by atoms with E-state index in [-0.39, 0.29) is 0 Å². The molecule has 0 saturated heterocycles. The fourth-order valence-electron chi connectivity index (χ4n) is 2.25. The Morgan fingerprint density at radius 2 is 1.37 bits per heavy atom. The molecule has 3 aromatic rings. The van der Waals surface area contributed by atoms with E-state index in [1.807, 2.05) is 0 Å². The number of pyridine rings is 2. The summed E-state index contributed by atoms with van der Waals surface area (Å²) in [6, 6.07) is 5.79. The summed E-state index contributed by atoms with van der Waals surface area (Å²) in [5.41, 5.74) is 0.704. The zero-order valence-corrected chi connectivity index (χ0v) is 17.2. The molecular weight excluding hydrogens is 434 g/mol. The predicted octanol–water partition coefficient (Wildman–Crippen LogP) is 2.12. The van der Waals surface area contributed by atoms with Crippen LogP contribution in [0.4, 0.5) is 0 Å². The van der Waals surface area contributed by atoms with Gasteiger partial charge in [-0.15, -0.1) is 0 Å². The molecule has 0 spiro atoms. The Kier molecular flexibility index (Phi) is 6.10. The van der Waals surface area contributed by atoms with Gasteiger partial charge in [-0.1, -0.05) is 0 Å². The second-order valence-electron chi connectivity index (χ2n) is 6.02. The maximum absolute atomic E-state index is 13.2. The second kappa shape index (κ2) is 9.28. The monoisotopic (exact) mass is 456 g/mol. The van der Waals surface area contributed by atoms with E-state index in [9.17, 15) is 24.0 Å². The third-order valence-corrected chi connectivity index (χ3v) is 8.13. The second-order valence-corrected chi connectivity index (χ2v) is 10.3. The van der Waals surface area contributed by atoms with E-state index in [0.29, 0.717) is 15.7 Å². The van der Waals surface area contributed by atoms with E-state index in [1.54, 1.807) is 0 Å². The third kappa shape index (κ3) is 5.08. The zero-order chi connectivity index (χ0) is 23.5. The van der Waals surface area contributed by atoms with Gasteiger partial charge in [-0.3, -0.25) is 19.1 Å². The molecule has 0 radical (unpaired) electrons. The molecule has 0 fully saturated rings. The van der Waals surface area contributed by atoms with Gasteiger partial charge in [0.15, 0.2) is 0 Å². The molecule has 2 unspecified atom stereocenters. The number of hydrogen-bond donors (Lipinski definition) is 3. The molecule has 0 amide bonds. The van der Waals surface area contributed by atoms with Gasteiger partial charge >= 0.3 is 15.2 Å². The lowest BCUT2D eigenvalue weighted by Gasteiger charge is -2.34. The van der Waals surface area contributed by atoms with Crippen LogP contribution in [-0.4, -0.2) is 39.5 Å². The molecule has 0 aliphatic rings. The van der Waals surface area contributed by atoms with Crippen LogP contribution in [0.25, 0.3) is 0 Å². The van der Waals surface area contributed by atoms with Crippen molar-refractivity contribution in [2.75, 3.05) is 0 Å². The van der Waals surface area contributed by atoms with Gasteiger partial charge in [-0.05, 0) is 35.4 Å². The highest BCUT2D eigenvalue weighted by Crippen LogP contribution is 2.73. The lowest BCUT2D eigenvalue weighted by molar-refractivity contribution is 0.0864. The first-order valence-electron chi connectivity index (χ1n) is 9.45. The van der Waals surface area contributed by atoms with Gasteiger partial charge in [-0.2, -0.15) is 0 Å². The molecule has 160 valence electrons. The number of aliphatic hydroxyl groups is 1. The number of nitrogens with zero attached hydrogens (tertiary/aromatic N) is 4. The van der Waals surface area contributed by atoms with E-state index in [1.165, 1.54) is 49.1 Å². The number of rotatable bonds is 10. The molecule has 0 bridgehead atoms. The molecule has 11 nitrogen and oxygen atoms in total. The van der Waals surface area contributed by atoms with Crippen molar-refractivity contribution < 1.29 is 35.8 Å². The molecular formula is C17H20N4O7P2. The van der Waals surface area contributed by atoms with Crippen molar-refractivity contribution in [3.05, 3.63) is 78.9 Å². The Labute approximate surface area is 174 Å². The Bertz CT molecular complexity index is 1060. The summed E-state index contributed by atoms with van der Waals surface area (Å²) in [5, 5.41) is 7.28. The molecule has 0 saturated carbocycles. The highest BCUT2D eigenvalue weighted by molar-refractivity contribution is 7.72. The number of hydrogen-bond acceptors (Lipinski definition) is 8. The SMILES string of the molecule is [2H]C([2H])(n1ccnc1)C(O)(P(=O)(O)OCc1ccncc1)P(=O)(O)OCc1ccncc1. The normalized spacial score (nSPS) is 19.0. The molecule has 13 heteroatoms. The van der Waals surface area contributed by atoms with Crippen molar-refractivity contribution in [1.29, 1.82) is 0 Å². The molecule has 2 atom stereocenters. The Balaban J connectivity index is 2.00. The van der Waals surface area contributed by atoms with Crippen molar-refractivity contribution >= 4 is 15.2 Å². The maximum Gasteiger partial charge on any atom is 0.374 e. The molecule has 3 rings (SSSR count). The fourth-order valence-corrected chi connectivity index (χ4v) is 5.36. The van der Waals surface area contributed by atoms with Gasteiger partial charge in [0.05, 0.1) is 28.8 Å². The van der Waals surface area contributed by atoms with Crippen molar-refractivity contribution in [3.63, 3.8) is 0 Å². The smallest absolute Gasteiger partial charge is 0.366 e. The summed E-state index contributed by atoms with van der Waals surface area (Å²) in [7, 11) is -11.2. The van der Waals surface area contributed by atoms with E-state index in [2.05, 4.69) is 15.0 Å². The molecule has 3 N–H and O–H groups in total. The van der Waals surface area contributed by atoms with Crippen molar-refractivity contribution in [3.8, 4) is 0 Å². The lowest BCUT2D eigenvalue weighted by Crippen LogP contribution is -2.35. The Morgan fingerprint density at radius 3 is 1.77 bits per heavy atom. The Morgan fingerprint density at radius 1 is 0.900 bits per heavy atom. The van der Waals surface area contributed by atoms with Crippen LogP contribution in [0.2, 0.25) is 0 Å². The minimum absolute atomic E-state index is 0.352. The maximum atomic E-state index is 13.2. The zero-order valence-electron chi connectivity index (χ0n) is 17.4. The Hall–Kier alpha value is -2.23. The van der Waals surface area contributed by atoms with E-state index < -0.39 is 40.0 Å². The van der Waals surface area contributed by atoms with Crippen molar-refractivity contribution in [2.24, 2.45) is 0 Å². The summed E-state index contributed by atoms with van der Waals surface area (Å²) in [4.78, 5) is 32.5. The average Bonchev–Trinajstić information content (AvgIpc) is 3.33. The number of aromatic nitrogens is 4. The summed E-state index contributed by atoms with van der Waals surface area (Å²) < 4.78 is 53.4. The van der Waals surface area contributed by atoms with Gasteiger partial charge in [0, 0.05) is 37.2 Å². The van der Waals surface area contributed by atoms with Crippen LogP contribution in [-0.2, 0) is 37.9 Å². The first-order chi connectivity index (χ1) is 15.0. The van der Waals surface area contributed by atoms with Crippen LogP contribution in [0.5, 0.6) is 0 Å². The summed E-state index contributed by atoms with van der Waals surface area (Å²) in [5.74, 6) is 0. The summed E-state index contributed by atoms with van der Waals surface area (Å²) >= 11 is 0.